The molecular weight excluding hydrogens is 452 g/mol. The van der Waals surface area contributed by atoms with E-state index in [4.69, 9.17) is 5.73 Å². The van der Waals surface area contributed by atoms with E-state index in [2.05, 4.69) is 39.8 Å². The molecule has 1 saturated carbocycles. The molecule has 4 aromatic rings. The summed E-state index contributed by atoms with van der Waals surface area (Å²) in [4.78, 5) is 15.9. The van der Waals surface area contributed by atoms with Crippen LogP contribution in [0.2, 0.25) is 0 Å². The van der Waals surface area contributed by atoms with Gasteiger partial charge < -0.3 is 15.2 Å². The number of aromatic nitrogens is 5. The Balaban J connectivity index is 1.28. The minimum Gasteiger partial charge on any atom is -0.395 e. The zero-order valence-corrected chi connectivity index (χ0v) is 18.6. The van der Waals surface area contributed by atoms with E-state index < -0.39 is 6.29 Å². The van der Waals surface area contributed by atoms with Crippen LogP contribution in [0.3, 0.4) is 0 Å². The van der Waals surface area contributed by atoms with Crippen molar-refractivity contribution in [3.05, 3.63) is 34.0 Å². The third kappa shape index (κ3) is 3.93. The van der Waals surface area contributed by atoms with Crippen LogP contribution in [0.25, 0.3) is 16.6 Å². The molecule has 12 heteroatoms. The van der Waals surface area contributed by atoms with Crippen LogP contribution in [-0.2, 0) is 13.0 Å². The number of nitrogens with zero attached hydrogens (tertiary/aromatic N) is 6. The molecule has 6 rings (SSSR count). The Morgan fingerprint density at radius 1 is 1.24 bits per heavy atom. The Morgan fingerprint density at radius 3 is 2.85 bits per heavy atom. The number of alkyl halides is 2. The van der Waals surface area contributed by atoms with Gasteiger partial charge in [-0.15, -0.1) is 25.2 Å². The predicted octanol–water partition coefficient (Wildman–Crippen LogP) is 3.40. The summed E-state index contributed by atoms with van der Waals surface area (Å²) in [5.41, 5.74) is 7.73. The number of hydrogen-bond acceptors (Lipinski definition) is 9. The van der Waals surface area contributed by atoms with E-state index in [-0.39, 0.29) is 23.0 Å². The van der Waals surface area contributed by atoms with Crippen LogP contribution in [0.4, 0.5) is 14.7 Å². The lowest BCUT2D eigenvalue weighted by Crippen LogP contribution is -2.28. The highest BCUT2D eigenvalue weighted by Gasteiger charge is 2.45. The standard InChI is InChI=1S/C21H21F2N7O2S/c1-11-10-33-16(25-11)9-29(8-12-2-3-12)7-6-15-26-19-13-4-5-14-18(32-21(22,23)31-14)17(13)27-20(24)30(19)28-15/h4-5,10,12H,2-3,6-9H2,1H3,(H2,24,27). The lowest BCUT2D eigenvalue weighted by atomic mass is 10.2. The Labute approximate surface area is 191 Å². The van der Waals surface area contributed by atoms with Gasteiger partial charge in [-0.3, -0.25) is 4.90 Å². The first-order valence-electron chi connectivity index (χ1n) is 10.7. The van der Waals surface area contributed by atoms with Crippen molar-refractivity contribution in [2.45, 2.75) is 39.0 Å². The molecule has 2 N–H and O–H groups in total. The maximum absolute atomic E-state index is 13.6. The molecule has 0 radical (unpaired) electrons. The lowest BCUT2D eigenvalue weighted by Gasteiger charge is -2.20. The second kappa shape index (κ2) is 7.45. The molecule has 0 bridgehead atoms. The van der Waals surface area contributed by atoms with Crippen molar-refractivity contribution >= 4 is 33.8 Å². The second-order valence-corrected chi connectivity index (χ2v) is 9.44. The molecule has 0 atom stereocenters. The third-order valence-electron chi connectivity index (χ3n) is 5.77. The van der Waals surface area contributed by atoms with Crippen LogP contribution in [-0.4, -0.2) is 48.9 Å². The van der Waals surface area contributed by atoms with Crippen LogP contribution in [0.15, 0.2) is 17.5 Å². The number of halogens is 2. The molecule has 0 unspecified atom stereocenters. The van der Waals surface area contributed by atoms with Gasteiger partial charge in [0.1, 0.15) is 10.5 Å². The molecule has 1 aromatic carbocycles. The van der Waals surface area contributed by atoms with E-state index in [0.717, 1.165) is 36.3 Å². The molecule has 3 aromatic heterocycles. The number of ether oxygens (including phenoxy) is 2. The number of anilines is 1. The van der Waals surface area contributed by atoms with Crippen molar-refractivity contribution in [2.75, 3.05) is 18.8 Å². The number of aryl methyl sites for hydroxylation is 1. The number of rotatable bonds is 7. The van der Waals surface area contributed by atoms with Crippen molar-refractivity contribution in [3.63, 3.8) is 0 Å². The SMILES string of the molecule is Cc1csc(CN(CCc2nc3c4ccc5c(c4nc(N)n3n2)OC(F)(F)O5)CC2CC2)n1. The number of hydrogen-bond donors (Lipinski definition) is 1. The van der Waals surface area contributed by atoms with Gasteiger partial charge in [-0.25, -0.2) is 15.0 Å². The van der Waals surface area contributed by atoms with Crippen LogP contribution in [0, 0.1) is 12.8 Å². The first kappa shape index (κ1) is 20.5. The molecule has 1 aliphatic carbocycles. The maximum Gasteiger partial charge on any atom is 0.586 e. The normalized spacial score (nSPS) is 17.0. The fraction of sp³-hybridized carbons (Fsp3) is 0.429. The van der Waals surface area contributed by atoms with Crippen LogP contribution < -0.4 is 15.2 Å². The molecule has 1 aliphatic heterocycles. The molecule has 0 spiro atoms. The molecule has 0 saturated heterocycles. The number of fused-ring (bicyclic) bond motifs is 5. The fourth-order valence-corrected chi connectivity index (χ4v) is 4.89. The molecule has 33 heavy (non-hydrogen) atoms. The lowest BCUT2D eigenvalue weighted by molar-refractivity contribution is -0.286. The van der Waals surface area contributed by atoms with Gasteiger partial charge >= 0.3 is 6.29 Å². The van der Waals surface area contributed by atoms with Crippen LogP contribution >= 0.6 is 11.3 Å². The third-order valence-corrected chi connectivity index (χ3v) is 6.72. The molecule has 172 valence electrons. The van der Waals surface area contributed by atoms with E-state index in [1.165, 1.54) is 23.4 Å². The highest BCUT2D eigenvalue weighted by molar-refractivity contribution is 7.09. The summed E-state index contributed by atoms with van der Waals surface area (Å²) in [6.45, 7) is 4.60. The number of benzene rings is 1. The van der Waals surface area contributed by atoms with E-state index in [1.807, 2.05) is 6.92 Å². The Morgan fingerprint density at radius 2 is 2.09 bits per heavy atom. The predicted molar refractivity (Wildman–Crippen MR) is 117 cm³/mol. The van der Waals surface area contributed by atoms with Crippen LogP contribution in [0.5, 0.6) is 11.5 Å². The minimum atomic E-state index is -3.74. The monoisotopic (exact) mass is 473 g/mol. The van der Waals surface area contributed by atoms with Gasteiger partial charge in [0.15, 0.2) is 23.0 Å². The molecule has 9 nitrogen and oxygen atoms in total. The Kier molecular flexibility index (Phi) is 4.63. The topological polar surface area (TPSA) is 104 Å². The maximum atomic E-state index is 13.6. The molecule has 4 heterocycles. The van der Waals surface area contributed by atoms with E-state index in [9.17, 15) is 8.78 Å². The first-order valence-corrected chi connectivity index (χ1v) is 11.6. The van der Waals surface area contributed by atoms with Crippen molar-refractivity contribution in [1.82, 2.24) is 29.5 Å². The Bertz CT molecular complexity index is 1370. The largest absolute Gasteiger partial charge is 0.586 e. The van der Waals surface area contributed by atoms with E-state index in [0.29, 0.717) is 23.3 Å². The number of nitrogen functional groups attached to an aromatic ring is 1. The first-order chi connectivity index (χ1) is 15.8. The molecular formula is C21H21F2N7O2S. The highest BCUT2D eigenvalue weighted by atomic mass is 32.1. The van der Waals surface area contributed by atoms with Crippen molar-refractivity contribution in [3.8, 4) is 11.5 Å². The van der Waals surface area contributed by atoms with Gasteiger partial charge in [-0.2, -0.15) is 4.52 Å². The van der Waals surface area contributed by atoms with Crippen molar-refractivity contribution in [1.29, 1.82) is 0 Å². The van der Waals surface area contributed by atoms with Gasteiger partial charge in [-0.05, 0) is 37.8 Å². The highest BCUT2D eigenvalue weighted by Crippen LogP contribution is 2.45. The second-order valence-electron chi connectivity index (χ2n) is 8.50. The van der Waals surface area contributed by atoms with Gasteiger partial charge in [-0.1, -0.05) is 0 Å². The number of thiazole rings is 1. The van der Waals surface area contributed by atoms with E-state index in [1.54, 1.807) is 17.4 Å². The summed E-state index contributed by atoms with van der Waals surface area (Å²) < 4.78 is 37.7. The fourth-order valence-electron chi connectivity index (χ4n) is 4.07. The average molecular weight is 474 g/mol. The van der Waals surface area contributed by atoms with Gasteiger partial charge in [0.25, 0.3) is 0 Å². The smallest absolute Gasteiger partial charge is 0.395 e. The van der Waals surface area contributed by atoms with Crippen molar-refractivity contribution in [2.24, 2.45) is 5.92 Å². The zero-order chi connectivity index (χ0) is 22.7. The summed E-state index contributed by atoms with van der Waals surface area (Å²) in [5, 5.41) is 8.20. The van der Waals surface area contributed by atoms with Gasteiger partial charge in [0.2, 0.25) is 5.95 Å². The minimum absolute atomic E-state index is 0.0385. The molecule has 2 aliphatic rings. The van der Waals surface area contributed by atoms with Gasteiger partial charge in [0, 0.05) is 36.0 Å². The summed E-state index contributed by atoms with van der Waals surface area (Å²) in [5.74, 6) is 1.15. The zero-order valence-electron chi connectivity index (χ0n) is 17.8. The van der Waals surface area contributed by atoms with Crippen LogP contribution in [0.1, 0.15) is 29.4 Å². The summed E-state index contributed by atoms with van der Waals surface area (Å²) >= 11 is 1.68. The summed E-state index contributed by atoms with van der Waals surface area (Å²) in [7, 11) is 0. The molecule has 1 fully saturated rings. The number of nitrogens with two attached hydrogens (primary N) is 1. The van der Waals surface area contributed by atoms with Crippen molar-refractivity contribution < 1.29 is 18.3 Å². The molecule has 0 amide bonds. The quantitative estimate of drug-likeness (QED) is 0.436. The summed E-state index contributed by atoms with van der Waals surface area (Å²) in [6, 6.07) is 3.03. The van der Waals surface area contributed by atoms with Gasteiger partial charge in [0.05, 0.1) is 6.54 Å². The summed E-state index contributed by atoms with van der Waals surface area (Å²) in [6.07, 6.45) is -0.589. The average Bonchev–Trinajstić information content (AvgIpc) is 3.15. The van der Waals surface area contributed by atoms with E-state index >= 15 is 0 Å². The Hall–Kier alpha value is -3.12.